The Morgan fingerprint density at radius 3 is 2.75 bits per heavy atom. The molecule has 3 N–H and O–H groups in total. The molecule has 0 aliphatic carbocycles. The molecule has 2 aromatic carbocycles. The standard InChI is InChI=1S/C22H22ClN3O2/c1-13-18-10-16(23)9-15(12-24-20(28)11-17-7-8-19(27)25-17)22(18)26-21(13)14-5-3-2-4-6-14/h2-6,9-10,17,26H,7-8,11-12H2,1H3,(H,24,28)(H,25,27). The van der Waals surface area contributed by atoms with E-state index >= 15 is 0 Å². The fourth-order valence-corrected chi connectivity index (χ4v) is 4.05. The molecule has 6 heteroatoms. The van der Waals surface area contributed by atoms with Crippen LogP contribution in [-0.2, 0) is 16.1 Å². The van der Waals surface area contributed by atoms with Crippen LogP contribution in [0.15, 0.2) is 42.5 Å². The third-order valence-electron chi connectivity index (χ3n) is 5.27. The topological polar surface area (TPSA) is 74.0 Å². The fraction of sp³-hybridized carbons (Fsp3) is 0.273. The van der Waals surface area contributed by atoms with Crippen molar-refractivity contribution >= 4 is 34.3 Å². The van der Waals surface area contributed by atoms with E-state index in [4.69, 9.17) is 11.6 Å². The minimum atomic E-state index is -0.0770. The molecule has 0 radical (unpaired) electrons. The van der Waals surface area contributed by atoms with Crippen LogP contribution in [0, 0.1) is 6.92 Å². The summed E-state index contributed by atoms with van der Waals surface area (Å²) in [6.45, 7) is 2.45. The van der Waals surface area contributed by atoms with Crippen LogP contribution >= 0.6 is 11.6 Å². The summed E-state index contributed by atoms with van der Waals surface area (Å²) in [5, 5.41) is 7.48. The molecule has 1 fully saturated rings. The average Bonchev–Trinajstić information content (AvgIpc) is 3.24. The van der Waals surface area contributed by atoms with E-state index in [1.807, 2.05) is 30.3 Å². The van der Waals surface area contributed by atoms with Gasteiger partial charge in [-0.05, 0) is 42.2 Å². The Morgan fingerprint density at radius 1 is 1.25 bits per heavy atom. The van der Waals surface area contributed by atoms with Crippen molar-refractivity contribution in [2.75, 3.05) is 0 Å². The van der Waals surface area contributed by atoms with Crippen molar-refractivity contribution < 1.29 is 9.59 Å². The number of hydrogen-bond donors (Lipinski definition) is 3. The first kappa shape index (κ1) is 18.6. The van der Waals surface area contributed by atoms with Crippen LogP contribution < -0.4 is 10.6 Å². The van der Waals surface area contributed by atoms with Crippen molar-refractivity contribution in [2.24, 2.45) is 0 Å². The van der Waals surface area contributed by atoms with Gasteiger partial charge in [0.2, 0.25) is 11.8 Å². The summed E-state index contributed by atoms with van der Waals surface area (Å²) in [5.41, 5.74) is 5.22. The van der Waals surface area contributed by atoms with Gasteiger partial charge in [-0.3, -0.25) is 9.59 Å². The largest absolute Gasteiger partial charge is 0.354 e. The van der Waals surface area contributed by atoms with Gasteiger partial charge in [-0.1, -0.05) is 41.9 Å². The lowest BCUT2D eigenvalue weighted by Gasteiger charge is -2.11. The van der Waals surface area contributed by atoms with Gasteiger partial charge in [-0.2, -0.15) is 0 Å². The number of aromatic amines is 1. The molecular formula is C22H22ClN3O2. The van der Waals surface area contributed by atoms with Gasteiger partial charge in [0.25, 0.3) is 0 Å². The predicted octanol–water partition coefficient (Wildman–Crippen LogP) is 4.08. The number of halogens is 1. The predicted molar refractivity (Wildman–Crippen MR) is 111 cm³/mol. The summed E-state index contributed by atoms with van der Waals surface area (Å²) in [6.07, 6.45) is 1.51. The van der Waals surface area contributed by atoms with Crippen LogP contribution in [0.4, 0.5) is 0 Å². The maximum absolute atomic E-state index is 12.3. The summed E-state index contributed by atoms with van der Waals surface area (Å²) in [7, 11) is 0. The van der Waals surface area contributed by atoms with Gasteiger partial charge in [0.1, 0.15) is 0 Å². The van der Waals surface area contributed by atoms with Gasteiger partial charge < -0.3 is 15.6 Å². The number of carbonyl (C=O) groups excluding carboxylic acids is 2. The second kappa shape index (κ2) is 7.68. The van der Waals surface area contributed by atoms with Crippen molar-refractivity contribution in [3.63, 3.8) is 0 Å². The minimum absolute atomic E-state index is 0.0182. The number of benzene rings is 2. The Bertz CT molecular complexity index is 1040. The zero-order valence-electron chi connectivity index (χ0n) is 15.6. The average molecular weight is 396 g/mol. The van der Waals surface area contributed by atoms with Crippen LogP contribution in [0.5, 0.6) is 0 Å². The zero-order valence-corrected chi connectivity index (χ0v) is 16.4. The molecule has 1 aromatic heterocycles. The van der Waals surface area contributed by atoms with Crippen molar-refractivity contribution in [1.82, 2.24) is 15.6 Å². The van der Waals surface area contributed by atoms with Gasteiger partial charge in [-0.15, -0.1) is 0 Å². The summed E-state index contributed by atoms with van der Waals surface area (Å²) >= 11 is 6.35. The Hall–Kier alpha value is -2.79. The quantitative estimate of drug-likeness (QED) is 0.609. The first-order chi connectivity index (χ1) is 13.5. The second-order valence-electron chi connectivity index (χ2n) is 7.26. The normalized spacial score (nSPS) is 16.4. The number of hydrogen-bond acceptors (Lipinski definition) is 2. The molecule has 1 atom stereocenters. The number of aromatic nitrogens is 1. The monoisotopic (exact) mass is 395 g/mol. The van der Waals surface area contributed by atoms with E-state index in [-0.39, 0.29) is 17.9 Å². The lowest BCUT2D eigenvalue weighted by Crippen LogP contribution is -2.33. The number of aryl methyl sites for hydroxylation is 1. The van der Waals surface area contributed by atoms with E-state index in [0.717, 1.165) is 33.3 Å². The van der Waals surface area contributed by atoms with Crippen molar-refractivity contribution in [1.29, 1.82) is 0 Å². The number of carbonyl (C=O) groups is 2. The molecule has 4 rings (SSSR count). The molecule has 2 amide bonds. The zero-order chi connectivity index (χ0) is 19.7. The van der Waals surface area contributed by atoms with Crippen LogP contribution in [0.3, 0.4) is 0 Å². The summed E-state index contributed by atoms with van der Waals surface area (Å²) in [6, 6.07) is 13.9. The molecule has 28 heavy (non-hydrogen) atoms. The maximum Gasteiger partial charge on any atom is 0.222 e. The van der Waals surface area contributed by atoms with Crippen LogP contribution in [0.25, 0.3) is 22.2 Å². The number of nitrogens with one attached hydrogen (secondary N) is 3. The summed E-state index contributed by atoms with van der Waals surface area (Å²) in [4.78, 5) is 27.1. The molecule has 1 saturated heterocycles. The molecule has 1 unspecified atom stereocenters. The van der Waals surface area contributed by atoms with Gasteiger partial charge >= 0.3 is 0 Å². The summed E-state index contributed by atoms with van der Waals surface area (Å²) in [5.74, 6) is -0.0588. The van der Waals surface area contributed by atoms with Gasteiger partial charge in [0.15, 0.2) is 0 Å². The smallest absolute Gasteiger partial charge is 0.222 e. The van der Waals surface area contributed by atoms with Gasteiger partial charge in [0, 0.05) is 41.5 Å². The lowest BCUT2D eigenvalue weighted by atomic mass is 10.1. The number of H-pyrrole nitrogens is 1. The molecule has 144 valence electrons. The number of fused-ring (bicyclic) bond motifs is 1. The summed E-state index contributed by atoms with van der Waals surface area (Å²) < 4.78 is 0. The lowest BCUT2D eigenvalue weighted by molar-refractivity contribution is -0.121. The molecule has 0 saturated carbocycles. The molecule has 2 heterocycles. The molecule has 0 spiro atoms. The molecule has 0 bridgehead atoms. The SMILES string of the molecule is Cc1c(-c2ccccc2)[nH]c2c(CNC(=O)CC3CCC(=O)N3)cc(Cl)cc12. The third-order valence-corrected chi connectivity index (χ3v) is 5.49. The van der Waals surface area contributed by atoms with Crippen molar-refractivity contribution in [3.05, 3.63) is 58.6 Å². The first-order valence-corrected chi connectivity index (χ1v) is 9.81. The van der Waals surface area contributed by atoms with E-state index in [9.17, 15) is 9.59 Å². The number of rotatable bonds is 5. The van der Waals surface area contributed by atoms with Crippen molar-refractivity contribution in [3.8, 4) is 11.3 Å². The van der Waals surface area contributed by atoms with E-state index in [1.165, 1.54) is 0 Å². The Kier molecular flexibility index (Phi) is 5.09. The molecular weight excluding hydrogens is 374 g/mol. The highest BCUT2D eigenvalue weighted by molar-refractivity contribution is 6.31. The molecule has 3 aromatic rings. The first-order valence-electron chi connectivity index (χ1n) is 9.43. The highest BCUT2D eigenvalue weighted by Crippen LogP contribution is 2.33. The van der Waals surface area contributed by atoms with Crippen LogP contribution in [-0.4, -0.2) is 22.8 Å². The van der Waals surface area contributed by atoms with Crippen LogP contribution in [0.1, 0.15) is 30.4 Å². The van der Waals surface area contributed by atoms with E-state index < -0.39 is 0 Å². The van der Waals surface area contributed by atoms with E-state index in [1.54, 1.807) is 0 Å². The second-order valence-corrected chi connectivity index (χ2v) is 7.70. The van der Waals surface area contributed by atoms with Crippen molar-refractivity contribution in [2.45, 2.75) is 38.8 Å². The maximum atomic E-state index is 12.3. The molecule has 5 nitrogen and oxygen atoms in total. The fourth-order valence-electron chi connectivity index (χ4n) is 3.81. The van der Waals surface area contributed by atoms with E-state index in [2.05, 4.69) is 34.7 Å². The van der Waals surface area contributed by atoms with Crippen LogP contribution in [0.2, 0.25) is 5.02 Å². The molecule has 1 aliphatic heterocycles. The highest BCUT2D eigenvalue weighted by atomic mass is 35.5. The Labute approximate surface area is 168 Å². The Morgan fingerprint density at radius 2 is 2.04 bits per heavy atom. The Balaban J connectivity index is 1.57. The minimum Gasteiger partial charge on any atom is -0.354 e. The van der Waals surface area contributed by atoms with Gasteiger partial charge in [0.05, 0.1) is 5.52 Å². The van der Waals surface area contributed by atoms with Gasteiger partial charge in [-0.25, -0.2) is 0 Å². The van der Waals surface area contributed by atoms with E-state index in [0.29, 0.717) is 30.8 Å². The molecule has 1 aliphatic rings. The third kappa shape index (κ3) is 3.76. The number of amides is 2. The highest BCUT2D eigenvalue weighted by Gasteiger charge is 2.23.